The maximum Gasteiger partial charge on any atom is 0.354 e. The van der Waals surface area contributed by atoms with Crippen LogP contribution in [0.5, 0.6) is 0 Å². The van der Waals surface area contributed by atoms with Crippen molar-refractivity contribution in [2.75, 3.05) is 18.5 Å². The Labute approximate surface area is 115 Å². The lowest BCUT2D eigenvalue weighted by Gasteiger charge is -2.14. The van der Waals surface area contributed by atoms with Crippen LogP contribution in [0.1, 0.15) is 30.3 Å². The molecule has 1 aromatic heterocycles. The van der Waals surface area contributed by atoms with Crippen molar-refractivity contribution >= 4 is 17.5 Å². The molecule has 1 unspecified atom stereocenters. The van der Waals surface area contributed by atoms with Gasteiger partial charge in [-0.1, -0.05) is 13.3 Å². The van der Waals surface area contributed by atoms with Crippen LogP contribution in [0.25, 0.3) is 0 Å². The third-order valence-corrected chi connectivity index (χ3v) is 2.96. The fourth-order valence-electron chi connectivity index (χ4n) is 1.72. The van der Waals surface area contributed by atoms with Crippen LogP contribution in [-0.2, 0) is 0 Å². The van der Waals surface area contributed by atoms with Crippen molar-refractivity contribution in [3.63, 3.8) is 0 Å². The van der Waals surface area contributed by atoms with E-state index in [9.17, 15) is 14.9 Å². The van der Waals surface area contributed by atoms with Crippen LogP contribution in [0.3, 0.4) is 0 Å². The van der Waals surface area contributed by atoms with Gasteiger partial charge in [-0.3, -0.25) is 10.1 Å². The van der Waals surface area contributed by atoms with Crippen LogP contribution in [0, 0.1) is 16.0 Å². The summed E-state index contributed by atoms with van der Waals surface area (Å²) in [7, 11) is 0. The number of nitrogens with one attached hydrogen (secondary N) is 1. The van der Waals surface area contributed by atoms with Crippen LogP contribution in [0.15, 0.2) is 12.1 Å². The molecule has 0 aliphatic rings. The third-order valence-electron chi connectivity index (χ3n) is 2.96. The van der Waals surface area contributed by atoms with Gasteiger partial charge in [-0.25, -0.2) is 9.78 Å². The zero-order valence-electron chi connectivity index (χ0n) is 11.1. The van der Waals surface area contributed by atoms with Crippen molar-refractivity contribution in [1.29, 1.82) is 0 Å². The SMILES string of the molecule is CCC(CCO)CNc1nc(C(=O)O)ccc1[N+](=O)[O-]. The molecule has 0 spiro atoms. The highest BCUT2D eigenvalue weighted by molar-refractivity contribution is 5.86. The second-order valence-electron chi connectivity index (χ2n) is 4.29. The molecule has 8 nitrogen and oxygen atoms in total. The van der Waals surface area contributed by atoms with Crippen LogP contribution in [0.2, 0.25) is 0 Å². The zero-order chi connectivity index (χ0) is 15.1. The monoisotopic (exact) mass is 283 g/mol. The van der Waals surface area contributed by atoms with Gasteiger partial charge < -0.3 is 15.5 Å². The summed E-state index contributed by atoms with van der Waals surface area (Å²) in [5, 5.41) is 31.4. The minimum Gasteiger partial charge on any atom is -0.477 e. The van der Waals surface area contributed by atoms with Gasteiger partial charge in [-0.15, -0.1) is 0 Å². The van der Waals surface area contributed by atoms with E-state index < -0.39 is 10.9 Å². The number of aromatic carboxylic acids is 1. The molecule has 3 N–H and O–H groups in total. The van der Waals surface area contributed by atoms with Gasteiger partial charge in [0.15, 0.2) is 5.69 Å². The topological polar surface area (TPSA) is 126 Å². The molecule has 0 saturated heterocycles. The van der Waals surface area contributed by atoms with Gasteiger partial charge >= 0.3 is 11.7 Å². The second-order valence-corrected chi connectivity index (χ2v) is 4.29. The highest BCUT2D eigenvalue weighted by Crippen LogP contribution is 2.23. The van der Waals surface area contributed by atoms with Gasteiger partial charge in [0.1, 0.15) is 0 Å². The first-order valence-corrected chi connectivity index (χ1v) is 6.23. The summed E-state index contributed by atoms with van der Waals surface area (Å²) in [6, 6.07) is 2.21. The van der Waals surface area contributed by atoms with Gasteiger partial charge in [0.25, 0.3) is 0 Å². The Morgan fingerprint density at radius 3 is 2.75 bits per heavy atom. The quantitative estimate of drug-likeness (QED) is 0.487. The first kappa shape index (κ1) is 15.8. The molecule has 20 heavy (non-hydrogen) atoms. The fourth-order valence-corrected chi connectivity index (χ4v) is 1.72. The number of carboxylic acid groups (broad SMARTS) is 1. The summed E-state index contributed by atoms with van der Waals surface area (Å²) in [6.07, 6.45) is 1.36. The average Bonchev–Trinajstić information content (AvgIpc) is 2.42. The normalized spacial score (nSPS) is 11.9. The Hall–Kier alpha value is -2.22. The van der Waals surface area contributed by atoms with E-state index in [4.69, 9.17) is 10.2 Å². The highest BCUT2D eigenvalue weighted by Gasteiger charge is 2.19. The van der Waals surface area contributed by atoms with Crippen LogP contribution in [-0.4, -0.2) is 39.2 Å². The van der Waals surface area contributed by atoms with Crippen LogP contribution in [0.4, 0.5) is 11.5 Å². The molecule has 0 aliphatic heterocycles. The average molecular weight is 283 g/mol. The Kier molecular flexibility index (Phi) is 5.85. The molecule has 0 saturated carbocycles. The smallest absolute Gasteiger partial charge is 0.354 e. The van der Waals surface area contributed by atoms with Crippen LogP contribution >= 0.6 is 0 Å². The van der Waals surface area contributed by atoms with E-state index in [0.29, 0.717) is 13.0 Å². The second kappa shape index (κ2) is 7.39. The van der Waals surface area contributed by atoms with E-state index in [1.807, 2.05) is 6.92 Å². The highest BCUT2D eigenvalue weighted by atomic mass is 16.6. The number of aliphatic hydroxyl groups excluding tert-OH is 1. The van der Waals surface area contributed by atoms with E-state index in [-0.39, 0.29) is 29.7 Å². The molecule has 1 heterocycles. The van der Waals surface area contributed by atoms with Gasteiger partial charge in [0.2, 0.25) is 5.82 Å². The van der Waals surface area contributed by atoms with Crippen LogP contribution < -0.4 is 5.32 Å². The number of nitrogens with zero attached hydrogens (tertiary/aromatic N) is 2. The Morgan fingerprint density at radius 2 is 2.25 bits per heavy atom. The Morgan fingerprint density at radius 1 is 1.55 bits per heavy atom. The Balaban J connectivity index is 2.92. The molecule has 8 heteroatoms. The van der Waals surface area contributed by atoms with Gasteiger partial charge in [0.05, 0.1) is 4.92 Å². The molecular weight excluding hydrogens is 266 g/mol. The summed E-state index contributed by atoms with van der Waals surface area (Å²) in [5.74, 6) is -1.17. The molecule has 1 aromatic rings. The van der Waals surface area contributed by atoms with E-state index in [1.54, 1.807) is 0 Å². The first-order valence-electron chi connectivity index (χ1n) is 6.23. The number of carbonyl (C=O) groups is 1. The standard InChI is InChI=1S/C12H17N3O5/c1-2-8(5-6-16)7-13-11-10(15(19)20)4-3-9(14-11)12(17)18/h3-4,8,16H,2,5-7H2,1H3,(H,13,14)(H,17,18). The lowest BCUT2D eigenvalue weighted by Crippen LogP contribution is -2.17. The van der Waals surface area contributed by atoms with E-state index in [0.717, 1.165) is 18.6 Å². The Bertz CT molecular complexity index is 492. The predicted octanol–water partition coefficient (Wildman–Crippen LogP) is 1.51. The number of anilines is 1. The minimum absolute atomic E-state index is 0.0326. The number of aliphatic hydroxyl groups is 1. The number of aromatic nitrogens is 1. The minimum atomic E-state index is -1.25. The molecule has 0 amide bonds. The molecule has 110 valence electrons. The van der Waals surface area contributed by atoms with Gasteiger partial charge in [-0.05, 0) is 18.4 Å². The molecule has 0 fully saturated rings. The maximum absolute atomic E-state index is 10.9. The molecular formula is C12H17N3O5. The fraction of sp³-hybridized carbons (Fsp3) is 0.500. The number of hydrogen-bond acceptors (Lipinski definition) is 6. The number of rotatable bonds is 8. The number of hydrogen-bond donors (Lipinski definition) is 3. The van der Waals surface area contributed by atoms with Gasteiger partial charge in [0, 0.05) is 19.2 Å². The van der Waals surface area contributed by atoms with Crippen molar-refractivity contribution in [3.05, 3.63) is 27.9 Å². The molecule has 1 rings (SSSR count). The number of nitro groups is 1. The van der Waals surface area contributed by atoms with Crippen molar-refractivity contribution in [3.8, 4) is 0 Å². The van der Waals surface area contributed by atoms with Crippen molar-refractivity contribution < 1.29 is 19.9 Å². The summed E-state index contributed by atoms with van der Waals surface area (Å²) in [4.78, 5) is 24.8. The third kappa shape index (κ3) is 4.16. The summed E-state index contributed by atoms with van der Waals surface area (Å²) < 4.78 is 0. The lowest BCUT2D eigenvalue weighted by atomic mass is 10.0. The van der Waals surface area contributed by atoms with Crippen molar-refractivity contribution in [2.45, 2.75) is 19.8 Å². The predicted molar refractivity (Wildman–Crippen MR) is 71.8 cm³/mol. The van der Waals surface area contributed by atoms with Crippen molar-refractivity contribution in [2.24, 2.45) is 5.92 Å². The molecule has 0 radical (unpaired) electrons. The number of carboxylic acids is 1. The summed E-state index contributed by atoms with van der Waals surface area (Å²) >= 11 is 0. The summed E-state index contributed by atoms with van der Waals surface area (Å²) in [5.41, 5.74) is -0.526. The largest absolute Gasteiger partial charge is 0.477 e. The van der Waals surface area contributed by atoms with Crippen molar-refractivity contribution in [1.82, 2.24) is 4.98 Å². The molecule has 0 aromatic carbocycles. The molecule has 1 atom stereocenters. The molecule has 0 aliphatic carbocycles. The lowest BCUT2D eigenvalue weighted by molar-refractivity contribution is -0.384. The summed E-state index contributed by atoms with van der Waals surface area (Å²) in [6.45, 7) is 2.36. The van der Waals surface area contributed by atoms with E-state index in [1.165, 1.54) is 0 Å². The number of pyridine rings is 1. The molecule has 0 bridgehead atoms. The van der Waals surface area contributed by atoms with E-state index in [2.05, 4.69) is 10.3 Å². The maximum atomic E-state index is 10.9. The van der Waals surface area contributed by atoms with E-state index >= 15 is 0 Å². The first-order chi connectivity index (χ1) is 9.49. The van der Waals surface area contributed by atoms with Gasteiger partial charge in [-0.2, -0.15) is 0 Å². The zero-order valence-corrected chi connectivity index (χ0v) is 11.1.